The number of urea groups is 1. The number of aliphatic imine (C=N–C) groups is 1. The van der Waals surface area contributed by atoms with E-state index in [0.29, 0.717) is 6.54 Å². The van der Waals surface area contributed by atoms with E-state index in [-0.39, 0.29) is 12.8 Å². The summed E-state index contributed by atoms with van der Waals surface area (Å²) in [5.41, 5.74) is 3.02. The Morgan fingerprint density at radius 2 is 1.88 bits per heavy atom. The van der Waals surface area contributed by atoms with Gasteiger partial charge in [-0.2, -0.15) is 0 Å². The number of rotatable bonds is 7. The highest BCUT2D eigenvalue weighted by Crippen LogP contribution is 2.32. The molecular formula is C24H31N5O3. The molecule has 2 aliphatic heterocycles. The van der Waals surface area contributed by atoms with E-state index in [1.54, 1.807) is 0 Å². The first-order chi connectivity index (χ1) is 15.7. The van der Waals surface area contributed by atoms with Gasteiger partial charge in [0.15, 0.2) is 17.5 Å². The summed E-state index contributed by atoms with van der Waals surface area (Å²) in [7, 11) is 0. The van der Waals surface area contributed by atoms with Crippen LogP contribution < -0.4 is 25.4 Å². The largest absolute Gasteiger partial charge is 0.454 e. The lowest BCUT2D eigenvalue weighted by molar-refractivity contribution is 0.174. The number of carbonyl (C=O) groups is 1. The van der Waals surface area contributed by atoms with E-state index in [2.05, 4.69) is 22.0 Å². The molecule has 0 aromatic heterocycles. The second-order valence-corrected chi connectivity index (χ2v) is 7.88. The summed E-state index contributed by atoms with van der Waals surface area (Å²) >= 11 is 0. The number of carbonyl (C=O) groups excluding carboxylic acids is 1. The molecule has 8 heteroatoms. The number of amides is 2. The van der Waals surface area contributed by atoms with Crippen LogP contribution in [-0.2, 0) is 13.0 Å². The molecule has 1 saturated heterocycles. The van der Waals surface area contributed by atoms with Gasteiger partial charge in [0.2, 0.25) is 6.79 Å². The minimum Gasteiger partial charge on any atom is -0.454 e. The summed E-state index contributed by atoms with van der Waals surface area (Å²) < 4.78 is 10.8. The van der Waals surface area contributed by atoms with Crippen molar-refractivity contribution in [2.45, 2.75) is 32.7 Å². The Labute approximate surface area is 189 Å². The molecule has 3 N–H and O–H groups in total. The van der Waals surface area contributed by atoms with Gasteiger partial charge in [-0.25, -0.2) is 9.79 Å². The molecule has 0 atom stereocenters. The number of ether oxygens (including phenoxy) is 2. The van der Waals surface area contributed by atoms with Crippen molar-refractivity contribution < 1.29 is 14.3 Å². The van der Waals surface area contributed by atoms with Gasteiger partial charge in [0.1, 0.15) is 0 Å². The van der Waals surface area contributed by atoms with Crippen LogP contribution >= 0.6 is 0 Å². The van der Waals surface area contributed by atoms with Gasteiger partial charge in [0, 0.05) is 31.9 Å². The summed E-state index contributed by atoms with van der Waals surface area (Å²) in [6, 6.07) is 13.9. The van der Waals surface area contributed by atoms with Crippen LogP contribution in [0.5, 0.6) is 11.5 Å². The first kappa shape index (κ1) is 21.8. The lowest BCUT2D eigenvalue weighted by atomic mass is 10.1. The Bertz CT molecular complexity index is 956. The van der Waals surface area contributed by atoms with Crippen LogP contribution in [0.1, 0.15) is 30.9 Å². The average molecular weight is 438 g/mol. The summed E-state index contributed by atoms with van der Waals surface area (Å²) in [5, 5.41) is 9.66. The van der Waals surface area contributed by atoms with E-state index in [4.69, 9.17) is 14.5 Å². The molecule has 0 spiro atoms. The molecule has 0 saturated carbocycles. The van der Waals surface area contributed by atoms with Crippen LogP contribution in [0.2, 0.25) is 0 Å². The Kier molecular flexibility index (Phi) is 7.32. The second-order valence-electron chi connectivity index (χ2n) is 7.88. The molecule has 170 valence electrons. The first-order valence-electron chi connectivity index (χ1n) is 11.3. The maximum Gasteiger partial charge on any atom is 0.321 e. The third-order valence-corrected chi connectivity index (χ3v) is 5.48. The first-order valence-corrected chi connectivity index (χ1v) is 11.3. The zero-order valence-electron chi connectivity index (χ0n) is 18.5. The molecule has 8 nitrogen and oxygen atoms in total. The number of hydrogen-bond donors (Lipinski definition) is 3. The fraction of sp³-hybridized carbons (Fsp3) is 0.417. The molecule has 2 heterocycles. The number of hydrogen-bond acceptors (Lipinski definition) is 4. The number of anilines is 1. The second kappa shape index (κ2) is 10.7. The van der Waals surface area contributed by atoms with Gasteiger partial charge in [0.05, 0.1) is 6.54 Å². The van der Waals surface area contributed by atoms with Gasteiger partial charge in [-0.15, -0.1) is 0 Å². The highest BCUT2D eigenvalue weighted by molar-refractivity contribution is 5.89. The smallest absolute Gasteiger partial charge is 0.321 e. The number of nitrogens with one attached hydrogen (secondary N) is 3. The van der Waals surface area contributed by atoms with Crippen molar-refractivity contribution in [3.8, 4) is 11.5 Å². The van der Waals surface area contributed by atoms with E-state index in [0.717, 1.165) is 74.2 Å². The van der Waals surface area contributed by atoms with Gasteiger partial charge in [0.25, 0.3) is 0 Å². The minimum absolute atomic E-state index is 0.0262. The normalized spacial score (nSPS) is 15.0. The van der Waals surface area contributed by atoms with Gasteiger partial charge < -0.3 is 30.3 Å². The fourth-order valence-corrected chi connectivity index (χ4v) is 3.80. The topological polar surface area (TPSA) is 87.2 Å². The molecule has 1 fully saturated rings. The predicted octanol–water partition coefficient (Wildman–Crippen LogP) is 3.34. The quantitative estimate of drug-likeness (QED) is 0.457. The van der Waals surface area contributed by atoms with E-state index in [1.807, 2.05) is 48.2 Å². The van der Waals surface area contributed by atoms with Crippen molar-refractivity contribution >= 4 is 17.7 Å². The van der Waals surface area contributed by atoms with Crippen LogP contribution in [0.3, 0.4) is 0 Å². The highest BCUT2D eigenvalue weighted by Gasteiger charge is 2.17. The summed E-state index contributed by atoms with van der Waals surface area (Å²) in [6.45, 7) is 6.05. The van der Waals surface area contributed by atoms with Crippen molar-refractivity contribution in [1.82, 2.24) is 15.5 Å². The van der Waals surface area contributed by atoms with Crippen molar-refractivity contribution in [2.24, 2.45) is 4.99 Å². The van der Waals surface area contributed by atoms with Crippen molar-refractivity contribution in [3.05, 3.63) is 53.6 Å². The highest BCUT2D eigenvalue weighted by atomic mass is 16.7. The maximum absolute atomic E-state index is 12.3. The monoisotopic (exact) mass is 437 g/mol. The third kappa shape index (κ3) is 5.84. The molecule has 0 radical (unpaired) electrons. The molecule has 2 aromatic carbocycles. The third-order valence-electron chi connectivity index (χ3n) is 5.48. The SMILES string of the molecule is CCNC(=NCc1cccc(NC(=O)N2CCCC2)c1)NCCc1ccc2c(c1)OCO2. The number of nitrogens with zero attached hydrogens (tertiary/aromatic N) is 2. The van der Waals surface area contributed by atoms with Crippen LogP contribution in [0.25, 0.3) is 0 Å². The van der Waals surface area contributed by atoms with Crippen LogP contribution in [0.4, 0.5) is 10.5 Å². The Morgan fingerprint density at radius 3 is 2.72 bits per heavy atom. The van der Waals surface area contributed by atoms with Crippen molar-refractivity contribution in [1.29, 1.82) is 0 Å². The molecule has 4 rings (SSSR count). The summed E-state index contributed by atoms with van der Waals surface area (Å²) in [6.07, 6.45) is 3.01. The lowest BCUT2D eigenvalue weighted by Crippen LogP contribution is -2.38. The van der Waals surface area contributed by atoms with E-state index < -0.39 is 0 Å². The maximum atomic E-state index is 12.3. The molecular weight excluding hydrogens is 406 g/mol. The lowest BCUT2D eigenvalue weighted by Gasteiger charge is -2.16. The molecule has 32 heavy (non-hydrogen) atoms. The molecule has 2 aliphatic rings. The number of guanidine groups is 1. The van der Waals surface area contributed by atoms with Gasteiger partial charge in [-0.1, -0.05) is 18.2 Å². The number of likely N-dealkylation sites (tertiary alicyclic amines) is 1. The van der Waals surface area contributed by atoms with Gasteiger partial charge in [-0.05, 0) is 61.6 Å². The zero-order valence-corrected chi connectivity index (χ0v) is 18.5. The molecule has 2 amide bonds. The van der Waals surface area contributed by atoms with Crippen LogP contribution in [-0.4, -0.2) is 49.9 Å². The molecule has 0 unspecified atom stereocenters. The van der Waals surface area contributed by atoms with Crippen molar-refractivity contribution in [2.75, 3.05) is 38.3 Å². The van der Waals surface area contributed by atoms with E-state index in [9.17, 15) is 4.79 Å². The van der Waals surface area contributed by atoms with Gasteiger partial charge in [-0.3, -0.25) is 0 Å². The summed E-state index contributed by atoms with van der Waals surface area (Å²) in [4.78, 5) is 18.9. The molecule has 0 aliphatic carbocycles. The zero-order chi connectivity index (χ0) is 22.2. The molecule has 0 bridgehead atoms. The predicted molar refractivity (Wildman–Crippen MR) is 125 cm³/mol. The van der Waals surface area contributed by atoms with Crippen LogP contribution in [0, 0.1) is 0 Å². The minimum atomic E-state index is -0.0262. The van der Waals surface area contributed by atoms with Gasteiger partial charge >= 0.3 is 6.03 Å². The summed E-state index contributed by atoms with van der Waals surface area (Å²) in [5.74, 6) is 2.37. The fourth-order valence-electron chi connectivity index (χ4n) is 3.80. The van der Waals surface area contributed by atoms with Crippen LogP contribution in [0.15, 0.2) is 47.5 Å². The Balaban J connectivity index is 1.30. The standard InChI is InChI=1S/C24H31N5O3/c1-2-25-23(26-11-10-18-8-9-21-22(15-18)32-17-31-21)27-16-19-6-5-7-20(14-19)28-24(30)29-12-3-4-13-29/h5-9,14-15H,2-4,10-13,16-17H2,1H3,(H,28,30)(H2,25,26,27). The number of benzene rings is 2. The Hall–Kier alpha value is -3.42. The van der Waals surface area contributed by atoms with Crippen molar-refractivity contribution in [3.63, 3.8) is 0 Å². The van der Waals surface area contributed by atoms with E-state index in [1.165, 1.54) is 5.56 Å². The van der Waals surface area contributed by atoms with E-state index >= 15 is 0 Å². The molecule has 2 aromatic rings. The Morgan fingerprint density at radius 1 is 1.03 bits per heavy atom. The average Bonchev–Trinajstić information content (AvgIpc) is 3.49. The number of fused-ring (bicyclic) bond motifs is 1.